The topological polar surface area (TPSA) is 52.6 Å². The smallest absolute Gasteiger partial charge is 0.343 e. The number of hydrogen-bond acceptors (Lipinski definition) is 4. The van der Waals surface area contributed by atoms with E-state index < -0.39 is 5.97 Å². The van der Waals surface area contributed by atoms with Gasteiger partial charge in [-0.05, 0) is 55.0 Å². The molecular weight excluding hydrogens is 396 g/mol. The van der Waals surface area contributed by atoms with E-state index >= 15 is 0 Å². The maximum Gasteiger partial charge on any atom is 0.343 e. The highest BCUT2D eigenvalue weighted by Crippen LogP contribution is 2.17. The van der Waals surface area contributed by atoms with Crippen LogP contribution in [0.15, 0.2) is 53.0 Å². The van der Waals surface area contributed by atoms with Crippen LogP contribution in [0.2, 0.25) is 0 Å². The van der Waals surface area contributed by atoms with Crippen LogP contribution in [0, 0.1) is 0 Å². The Kier molecular flexibility index (Phi) is 8.35. The minimum Gasteiger partial charge on any atom is -0.462 e. The number of halogens is 1. The van der Waals surface area contributed by atoms with Crippen LogP contribution in [-0.2, 0) is 4.74 Å². The third-order valence-corrected chi connectivity index (χ3v) is 4.39. The number of hydrogen-bond donors (Lipinski definition) is 0. The molecule has 0 unspecified atom stereocenters. The first-order chi connectivity index (χ1) is 12.6. The van der Waals surface area contributed by atoms with E-state index in [9.17, 15) is 9.59 Å². The molecule has 2 aromatic rings. The number of carbonyl (C=O) groups excluding carboxylic acids is 2. The van der Waals surface area contributed by atoms with E-state index in [4.69, 9.17) is 9.47 Å². The molecule has 0 aliphatic carbocycles. The van der Waals surface area contributed by atoms with E-state index in [0.717, 1.165) is 17.3 Å². The molecule has 5 heteroatoms. The Morgan fingerprint density at radius 2 is 1.38 bits per heavy atom. The summed E-state index contributed by atoms with van der Waals surface area (Å²) in [4.78, 5) is 24.1. The molecule has 4 nitrogen and oxygen atoms in total. The lowest BCUT2D eigenvalue weighted by molar-refractivity contribution is 0.0497. The predicted octanol–water partition coefficient (Wildman–Crippen LogP) is 5.80. The Bertz CT molecular complexity index is 708. The second kappa shape index (κ2) is 10.8. The molecule has 0 bridgehead atoms. The van der Waals surface area contributed by atoms with Crippen molar-refractivity contribution >= 4 is 27.9 Å². The fourth-order valence-corrected chi connectivity index (χ4v) is 2.63. The largest absolute Gasteiger partial charge is 0.462 e. The first-order valence-corrected chi connectivity index (χ1v) is 9.64. The zero-order valence-electron chi connectivity index (χ0n) is 14.9. The molecule has 0 N–H and O–H groups in total. The SMILES string of the molecule is CCCCCCCOC(=O)c1ccc(C(=O)Oc2ccc(Br)cc2)cc1. The van der Waals surface area contributed by atoms with Gasteiger partial charge < -0.3 is 9.47 Å². The van der Waals surface area contributed by atoms with Crippen molar-refractivity contribution in [2.75, 3.05) is 6.61 Å². The highest BCUT2D eigenvalue weighted by molar-refractivity contribution is 9.10. The Morgan fingerprint density at radius 3 is 2.00 bits per heavy atom. The van der Waals surface area contributed by atoms with Crippen LogP contribution in [-0.4, -0.2) is 18.5 Å². The highest BCUT2D eigenvalue weighted by atomic mass is 79.9. The van der Waals surface area contributed by atoms with Crippen molar-refractivity contribution in [2.45, 2.75) is 39.0 Å². The van der Waals surface area contributed by atoms with Crippen molar-refractivity contribution < 1.29 is 19.1 Å². The van der Waals surface area contributed by atoms with Crippen molar-refractivity contribution in [3.8, 4) is 5.75 Å². The van der Waals surface area contributed by atoms with Gasteiger partial charge in [0.25, 0.3) is 0 Å². The lowest BCUT2D eigenvalue weighted by Gasteiger charge is -2.07. The maximum atomic E-state index is 12.1. The normalized spacial score (nSPS) is 10.4. The van der Waals surface area contributed by atoms with Crippen molar-refractivity contribution in [1.29, 1.82) is 0 Å². The summed E-state index contributed by atoms with van der Waals surface area (Å²) in [6.07, 6.45) is 5.52. The molecule has 0 spiro atoms. The third-order valence-electron chi connectivity index (χ3n) is 3.86. The van der Waals surface area contributed by atoms with Gasteiger partial charge >= 0.3 is 11.9 Å². The van der Waals surface area contributed by atoms with Gasteiger partial charge in [0, 0.05) is 4.47 Å². The first kappa shape index (κ1) is 20.2. The monoisotopic (exact) mass is 418 g/mol. The predicted molar refractivity (Wildman–Crippen MR) is 105 cm³/mol. The van der Waals surface area contributed by atoms with Crippen LogP contribution in [0.3, 0.4) is 0 Å². The van der Waals surface area contributed by atoms with Crippen LogP contribution in [0.25, 0.3) is 0 Å². The lowest BCUT2D eigenvalue weighted by atomic mass is 10.1. The fourth-order valence-electron chi connectivity index (χ4n) is 2.36. The maximum absolute atomic E-state index is 12.1. The number of esters is 2. The number of rotatable bonds is 9. The summed E-state index contributed by atoms with van der Waals surface area (Å²) in [5.41, 5.74) is 0.808. The van der Waals surface area contributed by atoms with Gasteiger partial charge in [0.15, 0.2) is 0 Å². The van der Waals surface area contributed by atoms with E-state index in [0.29, 0.717) is 23.5 Å². The molecule has 26 heavy (non-hydrogen) atoms. The summed E-state index contributed by atoms with van der Waals surface area (Å²) in [5.74, 6) is -0.374. The van der Waals surface area contributed by atoms with Crippen LogP contribution in [0.1, 0.15) is 59.7 Å². The van der Waals surface area contributed by atoms with Crippen LogP contribution >= 0.6 is 15.9 Å². The van der Waals surface area contributed by atoms with Crippen LogP contribution in [0.5, 0.6) is 5.75 Å². The summed E-state index contributed by atoms with van der Waals surface area (Å²) in [6, 6.07) is 13.3. The summed E-state index contributed by atoms with van der Waals surface area (Å²) in [6.45, 7) is 2.59. The molecule has 138 valence electrons. The quantitative estimate of drug-likeness (QED) is 0.293. The number of unbranched alkanes of at least 4 members (excludes halogenated alkanes) is 4. The molecule has 0 fully saturated rings. The number of ether oxygens (including phenoxy) is 2. The van der Waals surface area contributed by atoms with Gasteiger partial charge in [0.1, 0.15) is 5.75 Å². The van der Waals surface area contributed by atoms with Crippen molar-refractivity contribution in [1.82, 2.24) is 0 Å². The van der Waals surface area contributed by atoms with E-state index in [2.05, 4.69) is 22.9 Å². The van der Waals surface area contributed by atoms with Gasteiger partial charge in [-0.25, -0.2) is 9.59 Å². The van der Waals surface area contributed by atoms with Gasteiger partial charge in [0.2, 0.25) is 0 Å². The average molecular weight is 419 g/mol. The van der Waals surface area contributed by atoms with E-state index in [1.165, 1.54) is 19.3 Å². The van der Waals surface area contributed by atoms with Crippen molar-refractivity contribution in [3.63, 3.8) is 0 Å². The molecule has 0 atom stereocenters. The van der Waals surface area contributed by atoms with Gasteiger partial charge in [-0.1, -0.05) is 48.5 Å². The van der Waals surface area contributed by atoms with E-state index in [1.807, 2.05) is 0 Å². The molecule has 2 rings (SSSR count). The Labute approximate surface area is 162 Å². The summed E-state index contributed by atoms with van der Waals surface area (Å²) in [7, 11) is 0. The molecule has 0 aliphatic rings. The zero-order valence-corrected chi connectivity index (χ0v) is 16.5. The first-order valence-electron chi connectivity index (χ1n) is 8.85. The minimum absolute atomic E-state index is 0.367. The Hall–Kier alpha value is -2.14. The number of carbonyl (C=O) groups is 2. The van der Waals surface area contributed by atoms with Gasteiger partial charge in [-0.15, -0.1) is 0 Å². The fraction of sp³-hybridized carbons (Fsp3) is 0.333. The van der Waals surface area contributed by atoms with E-state index in [-0.39, 0.29) is 5.97 Å². The average Bonchev–Trinajstić information content (AvgIpc) is 2.66. The molecule has 0 aliphatic heterocycles. The molecule has 0 saturated heterocycles. The van der Waals surface area contributed by atoms with Crippen LogP contribution in [0.4, 0.5) is 0 Å². The second-order valence-electron chi connectivity index (χ2n) is 5.97. The zero-order chi connectivity index (χ0) is 18.8. The molecule has 0 aromatic heterocycles. The third kappa shape index (κ3) is 6.64. The highest BCUT2D eigenvalue weighted by Gasteiger charge is 2.11. The van der Waals surface area contributed by atoms with Gasteiger partial charge in [-0.3, -0.25) is 0 Å². The Morgan fingerprint density at radius 1 is 0.808 bits per heavy atom. The minimum atomic E-state index is -0.469. The molecular formula is C21H23BrO4. The Balaban J connectivity index is 1.82. The molecule has 0 radical (unpaired) electrons. The van der Waals surface area contributed by atoms with Crippen molar-refractivity contribution in [3.05, 3.63) is 64.1 Å². The lowest BCUT2D eigenvalue weighted by Crippen LogP contribution is -2.10. The molecule has 0 saturated carbocycles. The van der Waals surface area contributed by atoms with Gasteiger partial charge in [0.05, 0.1) is 17.7 Å². The summed E-state index contributed by atoms with van der Waals surface area (Å²) >= 11 is 3.33. The second-order valence-corrected chi connectivity index (χ2v) is 6.89. The summed E-state index contributed by atoms with van der Waals surface area (Å²) in [5, 5.41) is 0. The molecule has 0 amide bonds. The van der Waals surface area contributed by atoms with Gasteiger partial charge in [-0.2, -0.15) is 0 Å². The number of benzene rings is 2. The molecule has 0 heterocycles. The van der Waals surface area contributed by atoms with Crippen LogP contribution < -0.4 is 4.74 Å². The van der Waals surface area contributed by atoms with Crippen molar-refractivity contribution in [2.24, 2.45) is 0 Å². The summed E-state index contributed by atoms with van der Waals surface area (Å²) < 4.78 is 11.5. The standard InChI is InChI=1S/C21H23BrO4/c1-2-3-4-5-6-15-25-20(23)16-7-9-17(10-8-16)21(24)26-19-13-11-18(22)12-14-19/h7-14H,2-6,15H2,1H3. The molecule has 2 aromatic carbocycles. The van der Waals surface area contributed by atoms with E-state index in [1.54, 1.807) is 48.5 Å².